The van der Waals surface area contributed by atoms with Gasteiger partial charge < -0.3 is 20.5 Å². The zero-order chi connectivity index (χ0) is 29.8. The number of rotatable bonds is 11. The first-order valence-corrected chi connectivity index (χ1v) is 14.4. The van der Waals surface area contributed by atoms with Gasteiger partial charge in [0.05, 0.1) is 29.0 Å². The van der Waals surface area contributed by atoms with E-state index in [1.165, 1.54) is 30.0 Å². The van der Waals surface area contributed by atoms with Crippen LogP contribution in [0.2, 0.25) is 5.02 Å². The molecule has 3 N–H and O–H groups in total. The number of nitrogens with zero attached hydrogens (tertiary/aromatic N) is 2. The van der Waals surface area contributed by atoms with Gasteiger partial charge in [-0.2, -0.15) is 18.3 Å². The molecule has 0 radical (unpaired) electrons. The maximum absolute atomic E-state index is 13.1. The number of anilines is 1. The van der Waals surface area contributed by atoms with Gasteiger partial charge in [0.25, 0.3) is 5.91 Å². The number of carbonyl (C=O) groups is 2. The fourth-order valence-corrected chi connectivity index (χ4v) is 5.91. The van der Waals surface area contributed by atoms with E-state index < -0.39 is 40.2 Å². The molecule has 1 atom stereocenters. The van der Waals surface area contributed by atoms with E-state index in [2.05, 4.69) is 15.7 Å². The molecule has 3 rings (SSSR count). The minimum Gasteiger partial charge on any atom is -0.496 e. The molecule has 2 aromatic rings. The monoisotopic (exact) mass is 608 g/mol. The van der Waals surface area contributed by atoms with Crippen LogP contribution in [0.4, 0.5) is 18.9 Å². The number of aromatic nitrogens is 2. The van der Waals surface area contributed by atoms with Crippen molar-refractivity contribution in [3.63, 3.8) is 0 Å². The number of methoxy groups -OCH3 is 1. The van der Waals surface area contributed by atoms with Crippen LogP contribution in [0.1, 0.15) is 50.0 Å². The second kappa shape index (κ2) is 12.7. The van der Waals surface area contributed by atoms with E-state index in [-0.39, 0.29) is 53.2 Å². The molecule has 40 heavy (non-hydrogen) atoms. The molecule has 1 amide bonds. The predicted octanol–water partition coefficient (Wildman–Crippen LogP) is 4.20. The van der Waals surface area contributed by atoms with Gasteiger partial charge in [0.15, 0.2) is 5.69 Å². The zero-order valence-corrected chi connectivity index (χ0v) is 23.8. The maximum atomic E-state index is 13.1. The Morgan fingerprint density at radius 3 is 2.48 bits per heavy atom. The molecule has 15 heteroatoms. The fraction of sp³-hybridized carbons (Fsp3) is 0.560. The Hall–Kier alpha value is -3.00. The van der Waals surface area contributed by atoms with E-state index in [1.807, 2.05) is 0 Å². The molecule has 222 valence electrons. The van der Waals surface area contributed by atoms with E-state index >= 15 is 0 Å². The predicted molar refractivity (Wildman–Crippen MR) is 144 cm³/mol. The summed E-state index contributed by atoms with van der Waals surface area (Å²) in [7, 11) is -1.21. The number of carbonyl (C=O) groups excluding carboxylic acids is 1. The molecule has 0 spiro atoms. The van der Waals surface area contributed by atoms with Gasteiger partial charge in [0, 0.05) is 30.4 Å². The molecule has 1 aliphatic carbocycles. The normalized spacial score (nSPS) is 20.2. The van der Waals surface area contributed by atoms with Gasteiger partial charge in [0.1, 0.15) is 22.5 Å². The maximum Gasteiger partial charge on any atom is 0.408 e. The zero-order valence-electron chi connectivity index (χ0n) is 22.2. The minimum absolute atomic E-state index is 0.00604. The van der Waals surface area contributed by atoms with Gasteiger partial charge in [-0.05, 0) is 57.6 Å². The lowest BCUT2D eigenvalue weighted by Crippen LogP contribution is -2.45. The molecule has 0 bridgehead atoms. The first kappa shape index (κ1) is 31.5. The highest BCUT2D eigenvalue weighted by molar-refractivity contribution is 7.72. The van der Waals surface area contributed by atoms with E-state index in [9.17, 15) is 36.3 Å². The standard InChI is InChI=1S/C25H32ClF3N4O6S/c1-4-33-21(17-6-5-16(11-18(17)39-3)31-14(2)25(27,28)29)19(26)20(32-33)22(34)30-13-24(23(35)36)9-7-15(8-10-24)12-40(37)38/h5-6,11,14-15,31,40H,4,7-10,12-13H2,1-3H3,(H,30,34)(H,35,36)/t14-,15?,24?/m1/s1. The Labute approximate surface area is 236 Å². The van der Waals surface area contributed by atoms with Crippen molar-refractivity contribution in [3.8, 4) is 17.0 Å². The lowest BCUT2D eigenvalue weighted by molar-refractivity contribution is -0.151. The summed E-state index contributed by atoms with van der Waals surface area (Å²) in [5.74, 6) is -1.69. The van der Waals surface area contributed by atoms with Crippen molar-refractivity contribution >= 4 is 39.9 Å². The van der Waals surface area contributed by atoms with E-state index in [0.717, 1.165) is 6.92 Å². The Morgan fingerprint density at radius 2 is 1.95 bits per heavy atom. The lowest BCUT2D eigenvalue weighted by Gasteiger charge is -2.36. The quantitative estimate of drug-likeness (QED) is 0.278. The van der Waals surface area contributed by atoms with E-state index in [0.29, 0.717) is 30.6 Å². The number of aryl methyl sites for hydroxylation is 1. The van der Waals surface area contributed by atoms with Crippen LogP contribution in [-0.2, 0) is 22.0 Å². The summed E-state index contributed by atoms with van der Waals surface area (Å²) >= 11 is 6.60. The van der Waals surface area contributed by atoms with Crippen LogP contribution in [-0.4, -0.2) is 66.8 Å². The number of thiol groups is 1. The van der Waals surface area contributed by atoms with Crippen molar-refractivity contribution < 1.29 is 41.0 Å². The summed E-state index contributed by atoms with van der Waals surface area (Å²) in [5, 5.41) is 19.2. The Morgan fingerprint density at radius 1 is 1.30 bits per heavy atom. The van der Waals surface area contributed by atoms with Crippen LogP contribution in [0.25, 0.3) is 11.3 Å². The Bertz CT molecular complexity index is 1310. The highest BCUT2D eigenvalue weighted by Gasteiger charge is 2.42. The molecule has 1 fully saturated rings. The number of hydrogen-bond acceptors (Lipinski definition) is 7. The van der Waals surface area contributed by atoms with Crippen molar-refractivity contribution in [2.24, 2.45) is 11.3 Å². The first-order valence-electron chi connectivity index (χ1n) is 12.6. The lowest BCUT2D eigenvalue weighted by atomic mass is 9.70. The number of hydrogen-bond donors (Lipinski definition) is 4. The highest BCUT2D eigenvalue weighted by atomic mass is 35.5. The molecule has 0 saturated heterocycles. The molecule has 0 unspecified atom stereocenters. The van der Waals surface area contributed by atoms with Gasteiger partial charge in [-0.25, -0.2) is 8.42 Å². The second-order valence-corrected chi connectivity index (χ2v) is 11.3. The van der Waals surface area contributed by atoms with Crippen molar-refractivity contribution in [2.45, 2.75) is 58.3 Å². The Balaban J connectivity index is 1.84. The van der Waals surface area contributed by atoms with Crippen LogP contribution in [0, 0.1) is 11.3 Å². The molecule has 1 aromatic heterocycles. The third-order valence-corrected chi connectivity index (χ3v) is 8.42. The molecule has 1 aromatic carbocycles. The number of carboxylic acids is 1. The third-order valence-electron chi connectivity index (χ3n) is 7.25. The SMILES string of the molecule is CCn1nc(C(=O)NCC2(C(=O)O)CCC(C[SH](=O)=O)CC2)c(Cl)c1-c1ccc(N[C@H](C)C(F)(F)F)cc1OC. The molecule has 10 nitrogen and oxygen atoms in total. The molecule has 0 aliphatic heterocycles. The molecular weight excluding hydrogens is 577 g/mol. The molecule has 1 heterocycles. The number of carboxylic acid groups (broad SMARTS) is 1. The number of benzene rings is 1. The largest absolute Gasteiger partial charge is 0.496 e. The number of amides is 1. The number of nitrogens with one attached hydrogen (secondary N) is 2. The first-order chi connectivity index (χ1) is 18.7. The van der Waals surface area contributed by atoms with Crippen molar-refractivity contribution in [2.75, 3.05) is 24.7 Å². The van der Waals surface area contributed by atoms with Gasteiger partial charge in [-0.1, -0.05) is 11.6 Å². The van der Waals surface area contributed by atoms with Crippen LogP contribution in [0.3, 0.4) is 0 Å². The average Bonchev–Trinajstić information content (AvgIpc) is 3.23. The topological polar surface area (TPSA) is 140 Å². The molecule has 1 aliphatic rings. The fourth-order valence-electron chi connectivity index (χ4n) is 4.80. The molecular formula is C25H32ClF3N4O6S. The summed E-state index contributed by atoms with van der Waals surface area (Å²) < 4.78 is 67.9. The van der Waals surface area contributed by atoms with Gasteiger partial charge in [0.2, 0.25) is 0 Å². The van der Waals surface area contributed by atoms with Gasteiger partial charge in [-0.3, -0.25) is 14.3 Å². The van der Waals surface area contributed by atoms with Gasteiger partial charge in [-0.15, -0.1) is 0 Å². The number of aliphatic carboxylic acids is 1. The number of halogens is 4. The van der Waals surface area contributed by atoms with Crippen LogP contribution < -0.4 is 15.4 Å². The van der Waals surface area contributed by atoms with Crippen molar-refractivity contribution in [1.82, 2.24) is 15.1 Å². The summed E-state index contributed by atoms with van der Waals surface area (Å²) in [6.45, 7) is 2.85. The number of ether oxygens (including phenoxy) is 1. The third kappa shape index (κ3) is 7.00. The van der Waals surface area contributed by atoms with Crippen LogP contribution in [0.5, 0.6) is 5.75 Å². The van der Waals surface area contributed by atoms with Crippen molar-refractivity contribution in [1.29, 1.82) is 0 Å². The minimum atomic E-state index is -4.45. The summed E-state index contributed by atoms with van der Waals surface area (Å²) in [6, 6.07) is 2.52. The smallest absolute Gasteiger partial charge is 0.408 e. The second-order valence-electron chi connectivity index (χ2n) is 9.88. The van der Waals surface area contributed by atoms with Crippen LogP contribution in [0.15, 0.2) is 18.2 Å². The van der Waals surface area contributed by atoms with E-state index in [4.69, 9.17) is 16.3 Å². The summed E-state index contributed by atoms with van der Waals surface area (Å²) in [4.78, 5) is 25.3. The van der Waals surface area contributed by atoms with Gasteiger partial charge >= 0.3 is 12.1 Å². The van der Waals surface area contributed by atoms with Crippen molar-refractivity contribution in [3.05, 3.63) is 28.9 Å². The van der Waals surface area contributed by atoms with E-state index in [1.54, 1.807) is 6.92 Å². The van der Waals surface area contributed by atoms with Crippen LogP contribution >= 0.6 is 11.6 Å². The number of alkyl halides is 3. The molecule has 1 saturated carbocycles. The highest BCUT2D eigenvalue weighted by Crippen LogP contribution is 2.41. The Kier molecular flexibility index (Phi) is 9.99. The average molecular weight is 609 g/mol. The summed E-state index contributed by atoms with van der Waals surface area (Å²) in [6.07, 6.45) is -3.21. The summed E-state index contributed by atoms with van der Waals surface area (Å²) in [5.41, 5.74) is -0.531.